The molecule has 0 aromatic heterocycles. The van der Waals surface area contributed by atoms with Crippen LogP contribution in [-0.2, 0) is 10.2 Å². The van der Waals surface area contributed by atoms with E-state index in [2.05, 4.69) is 42.3 Å². The van der Waals surface area contributed by atoms with E-state index in [4.69, 9.17) is 0 Å². The van der Waals surface area contributed by atoms with Gasteiger partial charge >= 0.3 is 6.03 Å². The minimum Gasteiger partial charge on any atom is -0.326 e. The average Bonchev–Trinajstić information content (AvgIpc) is 2.65. The van der Waals surface area contributed by atoms with Crippen LogP contribution < -0.4 is 21.5 Å². The standard InChI is InChI=1S/C21H26N4O3/c1-14(22-20(28)23-17-8-6-5-7-9-17)18(26)24-25-19(27)15-10-12-16(13-11-15)21(2,3)4/h5-14H,1-4H3,(H,24,26)(H,25,27)(H2,22,23,28)/t14-/m1/s1. The van der Waals surface area contributed by atoms with Crippen molar-refractivity contribution < 1.29 is 14.4 Å². The number of benzene rings is 2. The predicted octanol–water partition coefficient (Wildman–Crippen LogP) is 2.96. The van der Waals surface area contributed by atoms with Crippen LogP contribution in [0, 0.1) is 0 Å². The Balaban J connectivity index is 1.82. The topological polar surface area (TPSA) is 99.3 Å². The van der Waals surface area contributed by atoms with Crippen molar-refractivity contribution in [2.45, 2.75) is 39.2 Å². The molecule has 0 bridgehead atoms. The van der Waals surface area contributed by atoms with Crippen LogP contribution in [-0.4, -0.2) is 23.9 Å². The molecule has 0 unspecified atom stereocenters. The van der Waals surface area contributed by atoms with Gasteiger partial charge < -0.3 is 10.6 Å². The molecule has 0 aliphatic heterocycles. The van der Waals surface area contributed by atoms with Gasteiger partial charge in [-0.2, -0.15) is 0 Å². The van der Waals surface area contributed by atoms with Gasteiger partial charge in [0.1, 0.15) is 6.04 Å². The molecule has 2 rings (SSSR count). The highest BCUT2D eigenvalue weighted by Crippen LogP contribution is 2.22. The maximum atomic E-state index is 12.2. The third-order valence-corrected chi connectivity index (χ3v) is 4.08. The van der Waals surface area contributed by atoms with Crippen LogP contribution >= 0.6 is 0 Å². The Bertz CT molecular complexity index is 827. The van der Waals surface area contributed by atoms with Gasteiger partial charge in [0, 0.05) is 11.3 Å². The van der Waals surface area contributed by atoms with Crippen molar-refractivity contribution in [3.05, 3.63) is 65.7 Å². The second-order valence-corrected chi connectivity index (χ2v) is 7.46. The number of anilines is 1. The van der Waals surface area contributed by atoms with Gasteiger partial charge in [0.25, 0.3) is 11.8 Å². The number of para-hydroxylation sites is 1. The zero-order valence-electron chi connectivity index (χ0n) is 16.5. The highest BCUT2D eigenvalue weighted by atomic mass is 16.2. The molecule has 148 valence electrons. The summed E-state index contributed by atoms with van der Waals surface area (Å²) in [7, 11) is 0. The summed E-state index contributed by atoms with van der Waals surface area (Å²) in [5, 5.41) is 5.12. The van der Waals surface area contributed by atoms with E-state index in [0.29, 0.717) is 11.3 Å². The van der Waals surface area contributed by atoms with E-state index in [1.54, 1.807) is 36.4 Å². The van der Waals surface area contributed by atoms with Crippen LogP contribution in [0.5, 0.6) is 0 Å². The van der Waals surface area contributed by atoms with Crippen molar-refractivity contribution in [1.82, 2.24) is 16.2 Å². The van der Waals surface area contributed by atoms with E-state index >= 15 is 0 Å². The number of carbonyl (C=O) groups is 3. The number of hydrogen-bond acceptors (Lipinski definition) is 3. The molecule has 0 aliphatic rings. The molecule has 2 aromatic rings. The SMILES string of the molecule is C[C@@H](NC(=O)Nc1ccccc1)C(=O)NNC(=O)c1ccc(C(C)(C)C)cc1. The molecule has 4 amide bonds. The van der Waals surface area contributed by atoms with Crippen molar-refractivity contribution in [1.29, 1.82) is 0 Å². The number of hydrazine groups is 1. The Labute approximate surface area is 164 Å². The normalized spacial score (nSPS) is 11.9. The van der Waals surface area contributed by atoms with Crippen LogP contribution in [0.1, 0.15) is 43.6 Å². The van der Waals surface area contributed by atoms with E-state index in [0.717, 1.165) is 5.56 Å². The van der Waals surface area contributed by atoms with Gasteiger partial charge in [-0.25, -0.2) is 4.79 Å². The van der Waals surface area contributed by atoms with E-state index in [1.807, 2.05) is 18.2 Å². The quantitative estimate of drug-likeness (QED) is 0.612. The highest BCUT2D eigenvalue weighted by Gasteiger charge is 2.17. The van der Waals surface area contributed by atoms with E-state index in [9.17, 15) is 14.4 Å². The summed E-state index contributed by atoms with van der Waals surface area (Å²) in [4.78, 5) is 36.2. The molecule has 0 heterocycles. The molecule has 0 saturated carbocycles. The third kappa shape index (κ3) is 6.12. The largest absolute Gasteiger partial charge is 0.326 e. The van der Waals surface area contributed by atoms with Gasteiger partial charge in [-0.05, 0) is 42.2 Å². The van der Waals surface area contributed by atoms with Gasteiger partial charge in [-0.3, -0.25) is 20.4 Å². The van der Waals surface area contributed by atoms with Crippen LogP contribution in [0.4, 0.5) is 10.5 Å². The number of hydrogen-bond donors (Lipinski definition) is 4. The van der Waals surface area contributed by atoms with Crippen LogP contribution in [0.2, 0.25) is 0 Å². The summed E-state index contributed by atoms with van der Waals surface area (Å²) < 4.78 is 0. The molecule has 0 aliphatic carbocycles. The first-order valence-corrected chi connectivity index (χ1v) is 9.00. The van der Waals surface area contributed by atoms with Gasteiger partial charge in [-0.15, -0.1) is 0 Å². The molecular weight excluding hydrogens is 356 g/mol. The summed E-state index contributed by atoms with van der Waals surface area (Å²) in [5.41, 5.74) is 6.80. The lowest BCUT2D eigenvalue weighted by atomic mass is 9.87. The molecule has 4 N–H and O–H groups in total. The minimum atomic E-state index is -0.840. The van der Waals surface area contributed by atoms with Crippen molar-refractivity contribution >= 4 is 23.5 Å². The van der Waals surface area contributed by atoms with Gasteiger partial charge in [0.2, 0.25) is 0 Å². The van der Waals surface area contributed by atoms with Gasteiger partial charge in [0.05, 0.1) is 0 Å². The average molecular weight is 382 g/mol. The summed E-state index contributed by atoms with van der Waals surface area (Å²) in [6.07, 6.45) is 0. The lowest BCUT2D eigenvalue weighted by Crippen LogP contribution is -2.51. The Morgan fingerprint density at radius 2 is 1.46 bits per heavy atom. The fourth-order valence-electron chi connectivity index (χ4n) is 2.37. The van der Waals surface area contributed by atoms with Crippen LogP contribution in [0.3, 0.4) is 0 Å². The van der Waals surface area contributed by atoms with Gasteiger partial charge in [-0.1, -0.05) is 51.1 Å². The molecule has 0 fully saturated rings. The van der Waals surface area contributed by atoms with E-state index < -0.39 is 23.9 Å². The molecule has 1 atom stereocenters. The van der Waals surface area contributed by atoms with Crippen LogP contribution in [0.15, 0.2) is 54.6 Å². The molecule has 2 aromatic carbocycles. The molecular formula is C21H26N4O3. The van der Waals surface area contributed by atoms with Gasteiger partial charge in [0.15, 0.2) is 0 Å². The van der Waals surface area contributed by atoms with Crippen LogP contribution in [0.25, 0.3) is 0 Å². The second kappa shape index (κ2) is 9.03. The third-order valence-electron chi connectivity index (χ3n) is 4.08. The minimum absolute atomic E-state index is 0.00928. The zero-order chi connectivity index (χ0) is 20.7. The first kappa shape index (κ1) is 21.0. The maximum Gasteiger partial charge on any atom is 0.319 e. The zero-order valence-corrected chi connectivity index (χ0v) is 16.5. The Morgan fingerprint density at radius 3 is 2.04 bits per heavy atom. The fourth-order valence-corrected chi connectivity index (χ4v) is 2.37. The predicted molar refractivity (Wildman–Crippen MR) is 109 cm³/mol. The molecule has 28 heavy (non-hydrogen) atoms. The second-order valence-electron chi connectivity index (χ2n) is 7.46. The lowest BCUT2D eigenvalue weighted by Gasteiger charge is -2.19. The Kier molecular flexibility index (Phi) is 6.76. The van der Waals surface area contributed by atoms with Crippen molar-refractivity contribution in [2.75, 3.05) is 5.32 Å². The Morgan fingerprint density at radius 1 is 0.857 bits per heavy atom. The molecule has 0 radical (unpaired) electrons. The Hall–Kier alpha value is -3.35. The number of nitrogens with one attached hydrogen (secondary N) is 4. The monoisotopic (exact) mass is 382 g/mol. The fraction of sp³-hybridized carbons (Fsp3) is 0.286. The molecule has 7 nitrogen and oxygen atoms in total. The van der Waals surface area contributed by atoms with Crippen molar-refractivity contribution in [3.63, 3.8) is 0 Å². The van der Waals surface area contributed by atoms with E-state index in [1.165, 1.54) is 6.92 Å². The van der Waals surface area contributed by atoms with Crippen molar-refractivity contribution in [3.8, 4) is 0 Å². The summed E-state index contributed by atoms with van der Waals surface area (Å²) >= 11 is 0. The van der Waals surface area contributed by atoms with Crippen molar-refractivity contribution in [2.24, 2.45) is 0 Å². The number of rotatable bonds is 4. The smallest absolute Gasteiger partial charge is 0.319 e. The number of urea groups is 1. The first-order chi connectivity index (χ1) is 13.2. The molecule has 0 saturated heterocycles. The lowest BCUT2D eigenvalue weighted by molar-refractivity contribution is -0.123. The summed E-state index contributed by atoms with van der Waals surface area (Å²) in [5.74, 6) is -0.974. The van der Waals surface area contributed by atoms with E-state index in [-0.39, 0.29) is 5.41 Å². The molecule has 0 spiro atoms. The molecule has 7 heteroatoms. The maximum absolute atomic E-state index is 12.2. The highest BCUT2D eigenvalue weighted by molar-refractivity contribution is 5.97. The number of amides is 4. The summed E-state index contributed by atoms with van der Waals surface area (Å²) in [6, 6.07) is 14.7. The summed E-state index contributed by atoms with van der Waals surface area (Å²) in [6.45, 7) is 7.78. The number of carbonyl (C=O) groups excluding carboxylic acids is 3. The first-order valence-electron chi connectivity index (χ1n) is 9.00.